The molecule has 1 aromatic rings. The second-order valence-corrected chi connectivity index (χ2v) is 5.75. The maximum Gasteiger partial charge on any atom is 0.00606 e. The maximum absolute atomic E-state index is 3.58. The topological polar surface area (TPSA) is 3.24 Å². The predicted octanol–water partition coefficient (Wildman–Crippen LogP) is 3.40. The zero-order valence-corrected chi connectivity index (χ0v) is 11.4. The van der Waals surface area contributed by atoms with E-state index in [0.717, 1.165) is 5.92 Å². The van der Waals surface area contributed by atoms with Crippen molar-refractivity contribution in [3.63, 3.8) is 0 Å². The van der Waals surface area contributed by atoms with Crippen LogP contribution in [0.1, 0.15) is 18.4 Å². The van der Waals surface area contributed by atoms with Gasteiger partial charge in [0.2, 0.25) is 0 Å². The van der Waals surface area contributed by atoms with Crippen LogP contribution in [0, 0.1) is 5.92 Å². The molecule has 1 aromatic heterocycles. The number of nitrogens with zero attached hydrogens (tertiary/aromatic N) is 1. The summed E-state index contributed by atoms with van der Waals surface area (Å²) in [6.07, 6.45) is 3.96. The SMILES string of the molecule is BrCC1CCN(CCc2ccsc2)CC1. The van der Waals surface area contributed by atoms with E-state index in [-0.39, 0.29) is 0 Å². The Morgan fingerprint density at radius 3 is 2.80 bits per heavy atom. The molecule has 0 unspecified atom stereocenters. The van der Waals surface area contributed by atoms with E-state index in [1.54, 1.807) is 11.3 Å². The molecule has 0 saturated carbocycles. The number of hydrogen-bond acceptors (Lipinski definition) is 2. The predicted molar refractivity (Wildman–Crippen MR) is 71.0 cm³/mol. The zero-order chi connectivity index (χ0) is 10.5. The molecule has 3 heteroatoms. The van der Waals surface area contributed by atoms with Gasteiger partial charge in [-0.2, -0.15) is 11.3 Å². The van der Waals surface area contributed by atoms with E-state index >= 15 is 0 Å². The molecular formula is C12H18BrNS. The molecule has 0 aliphatic carbocycles. The average molecular weight is 288 g/mol. The third kappa shape index (κ3) is 3.58. The van der Waals surface area contributed by atoms with Crippen LogP contribution in [0.25, 0.3) is 0 Å². The summed E-state index contributed by atoms with van der Waals surface area (Å²) < 4.78 is 0. The van der Waals surface area contributed by atoms with E-state index < -0.39 is 0 Å². The van der Waals surface area contributed by atoms with Crippen LogP contribution in [0.5, 0.6) is 0 Å². The molecule has 0 radical (unpaired) electrons. The fraction of sp³-hybridized carbons (Fsp3) is 0.667. The minimum absolute atomic E-state index is 0.919. The van der Waals surface area contributed by atoms with Crippen LogP contribution >= 0.6 is 27.3 Å². The van der Waals surface area contributed by atoms with E-state index in [9.17, 15) is 0 Å². The van der Waals surface area contributed by atoms with Crippen molar-refractivity contribution < 1.29 is 0 Å². The third-order valence-electron chi connectivity index (χ3n) is 3.22. The van der Waals surface area contributed by atoms with Crippen molar-refractivity contribution in [2.24, 2.45) is 5.92 Å². The molecule has 1 aliphatic heterocycles. The van der Waals surface area contributed by atoms with E-state index in [1.165, 1.54) is 49.8 Å². The standard InChI is InChI=1S/C12H18BrNS/c13-9-11-1-5-14(6-2-11)7-3-12-4-8-15-10-12/h4,8,10-11H,1-3,5-7,9H2. The van der Waals surface area contributed by atoms with Gasteiger partial charge in [-0.3, -0.25) is 0 Å². The first-order valence-electron chi connectivity index (χ1n) is 5.68. The highest BCUT2D eigenvalue weighted by Gasteiger charge is 2.17. The van der Waals surface area contributed by atoms with Crippen LogP contribution in [-0.2, 0) is 6.42 Å². The third-order valence-corrected chi connectivity index (χ3v) is 4.87. The molecule has 0 aromatic carbocycles. The van der Waals surface area contributed by atoms with Gasteiger partial charge in [-0.25, -0.2) is 0 Å². The Balaban J connectivity index is 1.69. The first kappa shape index (κ1) is 11.6. The number of hydrogen-bond donors (Lipinski definition) is 0. The summed E-state index contributed by atoms with van der Waals surface area (Å²) in [6.45, 7) is 3.83. The lowest BCUT2D eigenvalue weighted by Crippen LogP contribution is -2.35. The minimum Gasteiger partial charge on any atom is -0.303 e. The van der Waals surface area contributed by atoms with Gasteiger partial charge in [-0.15, -0.1) is 0 Å². The van der Waals surface area contributed by atoms with Gasteiger partial charge >= 0.3 is 0 Å². The maximum atomic E-state index is 3.58. The molecule has 2 rings (SSSR count). The molecule has 15 heavy (non-hydrogen) atoms. The van der Waals surface area contributed by atoms with Crippen molar-refractivity contribution in [2.45, 2.75) is 19.3 Å². The molecule has 0 N–H and O–H groups in total. The number of halogens is 1. The molecule has 84 valence electrons. The van der Waals surface area contributed by atoms with Crippen LogP contribution in [0.3, 0.4) is 0 Å². The van der Waals surface area contributed by atoms with Gasteiger partial charge < -0.3 is 4.90 Å². The first-order chi connectivity index (χ1) is 7.38. The summed E-state index contributed by atoms with van der Waals surface area (Å²) in [5.41, 5.74) is 1.50. The summed E-state index contributed by atoms with van der Waals surface area (Å²) in [7, 11) is 0. The monoisotopic (exact) mass is 287 g/mol. The summed E-state index contributed by atoms with van der Waals surface area (Å²) >= 11 is 5.39. The Hall–Kier alpha value is 0.140. The zero-order valence-electron chi connectivity index (χ0n) is 8.99. The molecule has 1 aliphatic rings. The lowest BCUT2D eigenvalue weighted by molar-refractivity contribution is 0.197. The highest BCUT2D eigenvalue weighted by atomic mass is 79.9. The average Bonchev–Trinajstić information content (AvgIpc) is 2.80. The number of rotatable bonds is 4. The van der Waals surface area contributed by atoms with Crippen LogP contribution < -0.4 is 0 Å². The van der Waals surface area contributed by atoms with Crippen LogP contribution in [-0.4, -0.2) is 29.9 Å². The summed E-state index contributed by atoms with van der Waals surface area (Å²) in [5.74, 6) is 0.919. The molecule has 0 bridgehead atoms. The Morgan fingerprint density at radius 2 is 2.20 bits per heavy atom. The van der Waals surface area contributed by atoms with Crippen molar-refractivity contribution in [1.82, 2.24) is 4.90 Å². The Morgan fingerprint density at radius 1 is 1.40 bits per heavy atom. The van der Waals surface area contributed by atoms with Gasteiger partial charge in [0.15, 0.2) is 0 Å². The van der Waals surface area contributed by atoms with E-state index in [2.05, 4.69) is 37.7 Å². The van der Waals surface area contributed by atoms with Gasteiger partial charge in [-0.1, -0.05) is 15.9 Å². The van der Waals surface area contributed by atoms with Crippen molar-refractivity contribution in [3.05, 3.63) is 22.4 Å². The molecule has 0 amide bonds. The van der Waals surface area contributed by atoms with E-state index in [1.807, 2.05) is 0 Å². The van der Waals surface area contributed by atoms with Crippen LogP contribution in [0.2, 0.25) is 0 Å². The fourth-order valence-corrected chi connectivity index (χ4v) is 3.44. The Labute approximate surface area is 105 Å². The van der Waals surface area contributed by atoms with Crippen molar-refractivity contribution in [3.8, 4) is 0 Å². The van der Waals surface area contributed by atoms with E-state index in [0.29, 0.717) is 0 Å². The molecule has 0 spiro atoms. The van der Waals surface area contributed by atoms with E-state index in [4.69, 9.17) is 0 Å². The Kier molecular flexibility index (Phi) is 4.66. The molecule has 2 heterocycles. The van der Waals surface area contributed by atoms with Gasteiger partial charge in [-0.05, 0) is 60.7 Å². The number of likely N-dealkylation sites (tertiary alicyclic amines) is 1. The summed E-state index contributed by atoms with van der Waals surface area (Å²) in [6, 6.07) is 2.25. The molecule has 1 fully saturated rings. The Bertz CT molecular complexity index is 265. The summed E-state index contributed by atoms with van der Waals surface area (Å²) in [5, 5.41) is 5.63. The first-order valence-corrected chi connectivity index (χ1v) is 7.74. The number of piperidine rings is 1. The van der Waals surface area contributed by atoms with Crippen molar-refractivity contribution >= 4 is 27.3 Å². The molecular weight excluding hydrogens is 270 g/mol. The van der Waals surface area contributed by atoms with Crippen molar-refractivity contribution in [2.75, 3.05) is 25.0 Å². The van der Waals surface area contributed by atoms with Gasteiger partial charge in [0.25, 0.3) is 0 Å². The normalized spacial score (nSPS) is 19.5. The highest BCUT2D eigenvalue weighted by Crippen LogP contribution is 2.19. The van der Waals surface area contributed by atoms with Gasteiger partial charge in [0, 0.05) is 11.9 Å². The smallest absolute Gasteiger partial charge is 0.00606 e. The largest absolute Gasteiger partial charge is 0.303 e. The quantitative estimate of drug-likeness (QED) is 0.768. The lowest BCUT2D eigenvalue weighted by Gasteiger charge is -2.30. The second-order valence-electron chi connectivity index (χ2n) is 4.32. The second kappa shape index (κ2) is 6.02. The molecule has 1 saturated heterocycles. The molecule has 1 nitrogen and oxygen atoms in total. The van der Waals surface area contributed by atoms with Crippen LogP contribution in [0.4, 0.5) is 0 Å². The lowest BCUT2D eigenvalue weighted by atomic mass is 9.99. The van der Waals surface area contributed by atoms with Gasteiger partial charge in [0.05, 0.1) is 0 Å². The van der Waals surface area contributed by atoms with Crippen LogP contribution in [0.15, 0.2) is 16.8 Å². The van der Waals surface area contributed by atoms with Crippen molar-refractivity contribution in [1.29, 1.82) is 0 Å². The fourth-order valence-electron chi connectivity index (χ4n) is 2.09. The summed E-state index contributed by atoms with van der Waals surface area (Å²) in [4.78, 5) is 2.61. The highest BCUT2D eigenvalue weighted by molar-refractivity contribution is 9.09. The van der Waals surface area contributed by atoms with Gasteiger partial charge in [0.1, 0.15) is 0 Å². The number of thiophene rings is 1. The minimum atomic E-state index is 0.919. The number of alkyl halides is 1. The molecule has 0 atom stereocenters.